The Kier molecular flexibility index (Phi) is 7.64. The van der Waals surface area contributed by atoms with Crippen molar-refractivity contribution in [3.05, 3.63) is 40.5 Å². The van der Waals surface area contributed by atoms with Gasteiger partial charge in [-0.05, 0) is 55.5 Å². The van der Waals surface area contributed by atoms with E-state index in [2.05, 4.69) is 11.0 Å². The first-order chi connectivity index (χ1) is 10.8. The topological polar surface area (TPSA) is 29.3 Å². The van der Waals surface area contributed by atoms with Crippen LogP contribution in [0.4, 0.5) is 13.2 Å². The highest BCUT2D eigenvalue weighted by molar-refractivity contribution is 7.97. The summed E-state index contributed by atoms with van der Waals surface area (Å²) >= 11 is 0.873. The van der Waals surface area contributed by atoms with Crippen molar-refractivity contribution < 1.29 is 13.2 Å². The summed E-state index contributed by atoms with van der Waals surface area (Å²) in [4.78, 5) is 2.65. The molecular formula is C17H25F3N2S. The standard InChI is InChI=1S/C15H19F3N2S.C2H6/c1-10-4-3-5-20(8-10)9-12-6-13(15(16,17)18)11(2)14(7-12)21-19;1-2/h4,6-7H,3,5,8-9,19H2,1-2H3;1-2H3. The van der Waals surface area contributed by atoms with E-state index < -0.39 is 11.7 Å². The van der Waals surface area contributed by atoms with Gasteiger partial charge in [0.1, 0.15) is 0 Å². The van der Waals surface area contributed by atoms with E-state index >= 15 is 0 Å². The van der Waals surface area contributed by atoms with Gasteiger partial charge in [-0.25, -0.2) is 0 Å². The molecule has 0 spiro atoms. The zero-order chi connectivity index (χ0) is 17.6. The van der Waals surface area contributed by atoms with Gasteiger partial charge in [0.25, 0.3) is 0 Å². The molecule has 0 radical (unpaired) electrons. The number of halogens is 3. The van der Waals surface area contributed by atoms with Gasteiger partial charge in [0.2, 0.25) is 0 Å². The number of hydrogen-bond donors (Lipinski definition) is 1. The molecule has 0 fully saturated rings. The smallest absolute Gasteiger partial charge is 0.295 e. The van der Waals surface area contributed by atoms with Crippen LogP contribution in [0.3, 0.4) is 0 Å². The molecule has 1 heterocycles. The molecule has 1 aromatic rings. The van der Waals surface area contributed by atoms with Gasteiger partial charge < -0.3 is 0 Å². The van der Waals surface area contributed by atoms with Crippen molar-refractivity contribution in [2.45, 2.75) is 51.7 Å². The lowest BCUT2D eigenvalue weighted by molar-refractivity contribution is -0.138. The third-order valence-corrected chi connectivity index (χ3v) is 4.35. The molecule has 2 nitrogen and oxygen atoms in total. The first kappa shape index (κ1) is 20.1. The second kappa shape index (κ2) is 8.76. The number of nitrogens with two attached hydrogens (primary N) is 1. The summed E-state index contributed by atoms with van der Waals surface area (Å²) in [5.74, 6) is 0. The maximum absolute atomic E-state index is 13.1. The van der Waals surface area contributed by atoms with Gasteiger partial charge in [-0.3, -0.25) is 10.0 Å². The largest absolute Gasteiger partial charge is 0.416 e. The molecule has 6 heteroatoms. The second-order valence-electron chi connectivity index (χ2n) is 5.43. The van der Waals surface area contributed by atoms with Crippen LogP contribution in [0.15, 0.2) is 28.7 Å². The van der Waals surface area contributed by atoms with E-state index in [0.29, 0.717) is 17.0 Å². The number of benzene rings is 1. The van der Waals surface area contributed by atoms with Gasteiger partial charge in [-0.2, -0.15) is 13.2 Å². The second-order valence-corrected chi connectivity index (χ2v) is 6.11. The highest BCUT2D eigenvalue weighted by Crippen LogP contribution is 2.36. The Morgan fingerprint density at radius 3 is 2.39 bits per heavy atom. The number of hydrogen-bond acceptors (Lipinski definition) is 3. The molecule has 0 amide bonds. The molecule has 23 heavy (non-hydrogen) atoms. The van der Waals surface area contributed by atoms with Crippen molar-refractivity contribution in [2.24, 2.45) is 5.14 Å². The lowest BCUT2D eigenvalue weighted by Crippen LogP contribution is -2.29. The van der Waals surface area contributed by atoms with E-state index in [1.54, 1.807) is 6.07 Å². The average molecular weight is 346 g/mol. The third-order valence-electron chi connectivity index (χ3n) is 3.67. The van der Waals surface area contributed by atoms with Gasteiger partial charge in [-0.1, -0.05) is 25.5 Å². The van der Waals surface area contributed by atoms with Crippen molar-refractivity contribution in [3.8, 4) is 0 Å². The van der Waals surface area contributed by atoms with E-state index in [4.69, 9.17) is 5.14 Å². The van der Waals surface area contributed by atoms with Crippen LogP contribution in [0.5, 0.6) is 0 Å². The molecule has 0 aromatic heterocycles. The summed E-state index contributed by atoms with van der Waals surface area (Å²) in [6, 6.07) is 3.02. The van der Waals surface area contributed by atoms with Crippen molar-refractivity contribution in [1.29, 1.82) is 0 Å². The van der Waals surface area contributed by atoms with Crippen LogP contribution in [-0.4, -0.2) is 18.0 Å². The van der Waals surface area contributed by atoms with Crippen LogP contribution in [0.2, 0.25) is 0 Å². The summed E-state index contributed by atoms with van der Waals surface area (Å²) in [5.41, 5.74) is 1.54. The first-order valence-corrected chi connectivity index (χ1v) is 8.64. The number of rotatable bonds is 3. The summed E-state index contributed by atoms with van der Waals surface area (Å²) in [6.45, 7) is 9.71. The average Bonchev–Trinajstić information content (AvgIpc) is 2.50. The van der Waals surface area contributed by atoms with Gasteiger partial charge in [-0.15, -0.1) is 0 Å². The van der Waals surface area contributed by atoms with E-state index in [-0.39, 0.29) is 5.56 Å². The maximum Gasteiger partial charge on any atom is 0.416 e. The summed E-state index contributed by atoms with van der Waals surface area (Å²) < 4.78 is 39.3. The first-order valence-electron chi connectivity index (χ1n) is 7.76. The Bertz CT molecular complexity index is 554. The highest BCUT2D eigenvalue weighted by Gasteiger charge is 2.33. The molecule has 1 aliphatic rings. The Labute approximate surface area is 141 Å². The molecule has 0 bridgehead atoms. The van der Waals surface area contributed by atoms with E-state index in [9.17, 15) is 13.2 Å². The molecule has 0 atom stereocenters. The SMILES string of the molecule is CC.CC1=CCCN(Cc2cc(SN)c(C)c(C(F)(F)F)c2)C1. The molecule has 0 saturated heterocycles. The van der Waals surface area contributed by atoms with Crippen LogP contribution in [0, 0.1) is 6.92 Å². The molecule has 2 N–H and O–H groups in total. The zero-order valence-corrected chi connectivity index (χ0v) is 14.9. The molecule has 130 valence electrons. The van der Waals surface area contributed by atoms with Crippen LogP contribution >= 0.6 is 11.9 Å². The predicted octanol–water partition coefficient (Wildman–Crippen LogP) is 5.16. The molecule has 0 saturated carbocycles. The van der Waals surface area contributed by atoms with Crippen LogP contribution in [0.25, 0.3) is 0 Å². The van der Waals surface area contributed by atoms with Crippen molar-refractivity contribution in [1.82, 2.24) is 4.90 Å². The normalized spacial score (nSPS) is 15.7. The Morgan fingerprint density at radius 1 is 1.22 bits per heavy atom. The Hall–Kier alpha value is -0.980. The quantitative estimate of drug-likeness (QED) is 0.606. The van der Waals surface area contributed by atoms with Crippen molar-refractivity contribution >= 4 is 11.9 Å². The maximum atomic E-state index is 13.1. The Balaban J connectivity index is 0.00000127. The van der Waals surface area contributed by atoms with Crippen LogP contribution in [-0.2, 0) is 12.7 Å². The monoisotopic (exact) mass is 346 g/mol. The minimum atomic E-state index is -4.34. The van der Waals surface area contributed by atoms with Crippen molar-refractivity contribution in [2.75, 3.05) is 13.1 Å². The fraction of sp³-hybridized carbons (Fsp3) is 0.529. The molecule has 0 unspecified atom stereocenters. The van der Waals surface area contributed by atoms with Crippen molar-refractivity contribution in [3.63, 3.8) is 0 Å². The van der Waals surface area contributed by atoms with E-state index in [0.717, 1.165) is 31.5 Å². The van der Waals surface area contributed by atoms with Crippen LogP contribution < -0.4 is 5.14 Å². The number of nitrogens with zero attached hydrogens (tertiary/aromatic N) is 1. The van der Waals surface area contributed by atoms with Gasteiger partial charge >= 0.3 is 6.18 Å². The van der Waals surface area contributed by atoms with Gasteiger partial charge in [0, 0.05) is 24.5 Å². The summed E-state index contributed by atoms with van der Waals surface area (Å²) in [7, 11) is 0. The van der Waals surface area contributed by atoms with Crippen LogP contribution in [0.1, 0.15) is 43.9 Å². The minimum absolute atomic E-state index is 0.202. The molecule has 0 aliphatic carbocycles. The van der Waals surface area contributed by atoms with E-state index in [1.807, 2.05) is 20.8 Å². The summed E-state index contributed by atoms with van der Waals surface area (Å²) in [5, 5.41) is 5.51. The molecular weight excluding hydrogens is 321 g/mol. The lowest BCUT2D eigenvalue weighted by Gasteiger charge is -2.26. The minimum Gasteiger partial charge on any atom is -0.295 e. The predicted molar refractivity (Wildman–Crippen MR) is 91.2 cm³/mol. The Morgan fingerprint density at radius 2 is 1.87 bits per heavy atom. The zero-order valence-electron chi connectivity index (χ0n) is 14.1. The molecule has 2 rings (SSSR count). The van der Waals surface area contributed by atoms with Gasteiger partial charge in [0.15, 0.2) is 0 Å². The van der Waals surface area contributed by atoms with Gasteiger partial charge in [0.05, 0.1) is 5.56 Å². The van der Waals surface area contributed by atoms with E-state index in [1.165, 1.54) is 18.6 Å². The fourth-order valence-electron chi connectivity index (χ4n) is 2.64. The number of alkyl halides is 3. The third kappa shape index (κ3) is 5.55. The fourth-order valence-corrected chi connectivity index (χ4v) is 3.14. The lowest BCUT2D eigenvalue weighted by atomic mass is 10.0. The highest BCUT2D eigenvalue weighted by atomic mass is 32.2. The molecule has 1 aliphatic heterocycles. The summed E-state index contributed by atoms with van der Waals surface area (Å²) in [6.07, 6.45) is -1.22. The molecule has 1 aromatic carbocycles.